The Kier molecular flexibility index (Phi) is 12.1. The van der Waals surface area contributed by atoms with Crippen LogP contribution >= 0.6 is 11.8 Å². The van der Waals surface area contributed by atoms with Crippen LogP contribution in [0.5, 0.6) is 0 Å². The van der Waals surface area contributed by atoms with E-state index in [4.69, 9.17) is 14.7 Å². The number of thioether (sulfide) groups is 1. The molecule has 43 heavy (non-hydrogen) atoms. The lowest BCUT2D eigenvalue weighted by atomic mass is 10.0. The Morgan fingerprint density at radius 1 is 0.860 bits per heavy atom. The lowest BCUT2D eigenvalue weighted by molar-refractivity contribution is -0.245. The number of hydrogen-bond acceptors (Lipinski definition) is 8. The third kappa shape index (κ3) is 9.91. The van der Waals surface area contributed by atoms with E-state index in [-0.39, 0.29) is 36.7 Å². The van der Waals surface area contributed by atoms with Gasteiger partial charge in [-0.25, -0.2) is 10.3 Å². The molecule has 3 atom stereocenters. The number of aliphatic hydroxyl groups is 1. The van der Waals surface area contributed by atoms with Crippen LogP contribution in [0.15, 0.2) is 77.7 Å². The summed E-state index contributed by atoms with van der Waals surface area (Å²) in [6, 6.07) is 21.7. The molecule has 1 saturated heterocycles. The van der Waals surface area contributed by atoms with Gasteiger partial charge in [-0.1, -0.05) is 42.8 Å². The molecule has 0 saturated carbocycles. The van der Waals surface area contributed by atoms with E-state index in [0.29, 0.717) is 43.5 Å². The van der Waals surface area contributed by atoms with E-state index in [1.54, 1.807) is 47.6 Å². The maximum atomic E-state index is 12.5. The molecular formula is C32H36N2O8S. The molecule has 1 aliphatic heterocycles. The Hall–Kier alpha value is -3.74. The first kappa shape index (κ1) is 32.2. The lowest BCUT2D eigenvalue weighted by Crippen LogP contribution is -2.31. The van der Waals surface area contributed by atoms with E-state index in [9.17, 15) is 24.6 Å². The highest BCUT2D eigenvalue weighted by atomic mass is 32.2. The number of carboxylic acid groups (broad SMARTS) is 1. The number of hydrogen-bond donors (Lipinski definition) is 5. The fourth-order valence-corrected chi connectivity index (χ4v) is 5.62. The van der Waals surface area contributed by atoms with Crippen molar-refractivity contribution < 1.29 is 39.3 Å². The average Bonchev–Trinajstić information content (AvgIpc) is 3.03. The molecule has 5 N–H and O–H groups in total. The Bertz CT molecular complexity index is 1370. The quantitative estimate of drug-likeness (QED) is 0.0680. The van der Waals surface area contributed by atoms with E-state index in [2.05, 4.69) is 5.32 Å². The lowest BCUT2D eigenvalue weighted by Gasteiger charge is -2.36. The highest BCUT2D eigenvalue weighted by Gasteiger charge is 2.32. The minimum absolute atomic E-state index is 0.0448. The number of carboxylic acids is 1. The van der Waals surface area contributed by atoms with Crippen molar-refractivity contribution in [2.24, 2.45) is 0 Å². The number of carbonyl (C=O) groups is 3. The van der Waals surface area contributed by atoms with Crippen LogP contribution in [-0.2, 0) is 25.7 Å². The van der Waals surface area contributed by atoms with E-state index >= 15 is 0 Å². The van der Waals surface area contributed by atoms with Crippen LogP contribution in [0.25, 0.3) is 0 Å². The molecule has 228 valence electrons. The normalized spacial score (nSPS) is 18.1. The summed E-state index contributed by atoms with van der Waals surface area (Å²) in [5.74, 6) is -0.925. The summed E-state index contributed by atoms with van der Waals surface area (Å²) in [5.41, 5.74) is 4.98. The van der Waals surface area contributed by atoms with Gasteiger partial charge >= 0.3 is 5.97 Å². The Balaban J connectivity index is 1.41. The summed E-state index contributed by atoms with van der Waals surface area (Å²) < 4.78 is 12.8. The van der Waals surface area contributed by atoms with E-state index < -0.39 is 18.2 Å². The van der Waals surface area contributed by atoms with Crippen molar-refractivity contribution in [1.82, 2.24) is 5.48 Å². The monoisotopic (exact) mass is 608 g/mol. The molecule has 4 rings (SSSR count). The van der Waals surface area contributed by atoms with Crippen LogP contribution < -0.4 is 10.8 Å². The first-order valence-electron chi connectivity index (χ1n) is 14.1. The number of nitrogens with one attached hydrogen (secondary N) is 2. The molecular weight excluding hydrogens is 572 g/mol. The summed E-state index contributed by atoms with van der Waals surface area (Å²) in [7, 11) is 0. The van der Waals surface area contributed by atoms with Crippen molar-refractivity contribution >= 4 is 35.2 Å². The zero-order valence-corrected chi connectivity index (χ0v) is 24.4. The zero-order chi connectivity index (χ0) is 30.6. The van der Waals surface area contributed by atoms with Crippen LogP contribution in [-0.4, -0.2) is 45.1 Å². The molecule has 3 aromatic rings. The number of ether oxygens (including phenoxy) is 2. The second kappa shape index (κ2) is 16.2. The van der Waals surface area contributed by atoms with Gasteiger partial charge in [-0.3, -0.25) is 14.8 Å². The molecule has 1 heterocycles. The molecule has 0 aliphatic carbocycles. The number of amides is 2. The predicted octanol–water partition coefficient (Wildman–Crippen LogP) is 5.61. The maximum Gasteiger partial charge on any atom is 0.335 e. The third-order valence-corrected chi connectivity index (χ3v) is 8.17. The predicted molar refractivity (Wildman–Crippen MR) is 161 cm³/mol. The Morgan fingerprint density at radius 2 is 1.58 bits per heavy atom. The first-order valence-corrected chi connectivity index (χ1v) is 15.1. The van der Waals surface area contributed by atoms with Crippen molar-refractivity contribution in [1.29, 1.82) is 0 Å². The minimum atomic E-state index is -0.967. The van der Waals surface area contributed by atoms with Crippen molar-refractivity contribution in [3.63, 3.8) is 0 Å². The molecule has 0 aromatic heterocycles. The second-order valence-electron chi connectivity index (χ2n) is 10.3. The summed E-state index contributed by atoms with van der Waals surface area (Å²) in [4.78, 5) is 35.7. The summed E-state index contributed by atoms with van der Waals surface area (Å²) in [5, 5.41) is 30.1. The number of hydroxylamine groups is 1. The van der Waals surface area contributed by atoms with Crippen LogP contribution in [0.2, 0.25) is 0 Å². The topological polar surface area (TPSA) is 154 Å². The fraction of sp³-hybridized carbons (Fsp3) is 0.344. The molecule has 0 spiro atoms. The molecule has 1 aliphatic rings. The highest BCUT2D eigenvalue weighted by Crippen LogP contribution is 2.40. The Labute approximate surface area is 254 Å². The van der Waals surface area contributed by atoms with Crippen molar-refractivity contribution in [3.05, 3.63) is 95.1 Å². The number of carbonyl (C=O) groups excluding carboxylic acids is 2. The number of aromatic carboxylic acids is 1. The standard InChI is InChI=1S/C32H36N2O8S/c35-19-21-9-11-22(12-10-21)28-18-26(20-43-27-15-13-23(14-16-27)31(38)39)41-32(42-28)24-5-4-6-25(17-24)33-29(36)7-2-1-3-8-30(37)34-40/h4-6,9-17,26,28,32,35,40H,1-3,7-8,18-20H2,(H,33,36)(H,34,37)(H,38,39)/t26-,28+,32+/m0/s1. The first-order chi connectivity index (χ1) is 20.8. The molecule has 11 heteroatoms. The van der Waals surface area contributed by atoms with Crippen LogP contribution in [0.3, 0.4) is 0 Å². The van der Waals surface area contributed by atoms with Crippen molar-refractivity contribution in [3.8, 4) is 0 Å². The number of benzene rings is 3. The van der Waals surface area contributed by atoms with Crippen molar-refractivity contribution in [2.45, 2.75) is 68.5 Å². The minimum Gasteiger partial charge on any atom is -0.478 e. The van der Waals surface area contributed by atoms with Gasteiger partial charge in [0, 0.05) is 41.2 Å². The molecule has 0 radical (unpaired) electrons. The maximum absolute atomic E-state index is 12.5. The highest BCUT2D eigenvalue weighted by molar-refractivity contribution is 7.99. The zero-order valence-electron chi connectivity index (χ0n) is 23.6. The molecule has 3 aromatic carbocycles. The molecule has 1 fully saturated rings. The molecule has 10 nitrogen and oxygen atoms in total. The molecule has 0 bridgehead atoms. The number of rotatable bonds is 14. The fourth-order valence-electron chi connectivity index (χ4n) is 4.70. The van der Waals surface area contributed by atoms with Crippen LogP contribution in [0.4, 0.5) is 5.69 Å². The SMILES string of the molecule is O=C(CCCCCC(=O)Nc1cccc([C@@H]2O[C@H](CSc3ccc(C(=O)O)cc3)C[C@H](c3ccc(CO)cc3)O2)c1)NO. The van der Waals surface area contributed by atoms with Gasteiger partial charge in [0.2, 0.25) is 11.8 Å². The number of anilines is 1. The van der Waals surface area contributed by atoms with Crippen LogP contribution in [0.1, 0.15) is 78.0 Å². The van der Waals surface area contributed by atoms with Gasteiger partial charge < -0.3 is 25.0 Å². The third-order valence-electron chi connectivity index (χ3n) is 7.03. The second-order valence-corrected chi connectivity index (χ2v) is 11.4. The van der Waals surface area contributed by atoms with Gasteiger partial charge in [0.1, 0.15) is 0 Å². The Morgan fingerprint density at radius 3 is 2.26 bits per heavy atom. The summed E-state index contributed by atoms with van der Waals surface area (Å²) in [6.07, 6.45) is 1.88. The van der Waals surface area contributed by atoms with Gasteiger partial charge in [0.25, 0.3) is 0 Å². The van der Waals surface area contributed by atoms with Gasteiger partial charge in [-0.2, -0.15) is 0 Å². The van der Waals surface area contributed by atoms with Gasteiger partial charge in [-0.05, 0) is 60.4 Å². The summed E-state index contributed by atoms with van der Waals surface area (Å²) >= 11 is 1.58. The van der Waals surface area contributed by atoms with Gasteiger partial charge in [0.15, 0.2) is 6.29 Å². The van der Waals surface area contributed by atoms with E-state index in [0.717, 1.165) is 21.6 Å². The van der Waals surface area contributed by atoms with Gasteiger partial charge in [0.05, 0.1) is 24.4 Å². The molecule has 0 unspecified atom stereocenters. The van der Waals surface area contributed by atoms with Crippen LogP contribution in [0, 0.1) is 0 Å². The largest absolute Gasteiger partial charge is 0.478 e. The van der Waals surface area contributed by atoms with E-state index in [1.807, 2.05) is 42.5 Å². The smallest absolute Gasteiger partial charge is 0.335 e. The summed E-state index contributed by atoms with van der Waals surface area (Å²) in [6.45, 7) is -0.0448. The number of unbranched alkanes of at least 4 members (excludes halogenated alkanes) is 2. The van der Waals surface area contributed by atoms with E-state index in [1.165, 1.54) is 0 Å². The van der Waals surface area contributed by atoms with Crippen molar-refractivity contribution in [2.75, 3.05) is 11.1 Å². The number of aliphatic hydroxyl groups excluding tert-OH is 1. The average molecular weight is 609 g/mol. The van der Waals surface area contributed by atoms with Gasteiger partial charge in [-0.15, -0.1) is 11.8 Å². The molecule has 2 amide bonds.